The largest absolute Gasteiger partial charge is 0.354 e. The second-order valence-corrected chi connectivity index (χ2v) is 4.32. The van der Waals surface area contributed by atoms with Gasteiger partial charge in [0.2, 0.25) is 5.95 Å². The molecule has 2 rings (SSSR count). The minimum absolute atomic E-state index is 0.370. The molecule has 5 heteroatoms. The van der Waals surface area contributed by atoms with E-state index < -0.39 is 0 Å². The van der Waals surface area contributed by atoms with Gasteiger partial charge in [-0.05, 0) is 37.6 Å². The first kappa shape index (κ1) is 12.8. The predicted molar refractivity (Wildman–Crippen MR) is 71.3 cm³/mol. The molecule has 18 heavy (non-hydrogen) atoms. The van der Waals surface area contributed by atoms with Crippen LogP contribution < -0.4 is 5.32 Å². The zero-order valence-corrected chi connectivity index (χ0v) is 10.9. The molecule has 0 fully saturated rings. The van der Waals surface area contributed by atoms with E-state index in [0.717, 1.165) is 5.56 Å². The number of rotatable bonds is 3. The van der Waals surface area contributed by atoms with Gasteiger partial charge in [-0.1, -0.05) is 11.6 Å². The van der Waals surface area contributed by atoms with Crippen LogP contribution >= 0.6 is 11.6 Å². The van der Waals surface area contributed by atoms with Crippen LogP contribution in [0.5, 0.6) is 0 Å². The Bertz CT molecular complexity index is 572. The van der Waals surface area contributed by atoms with Crippen molar-refractivity contribution < 1.29 is 4.39 Å². The van der Waals surface area contributed by atoms with Gasteiger partial charge in [0.1, 0.15) is 5.82 Å². The van der Waals surface area contributed by atoms with E-state index in [4.69, 9.17) is 11.6 Å². The van der Waals surface area contributed by atoms with Crippen molar-refractivity contribution in [1.82, 2.24) is 9.97 Å². The number of hydrogen-bond donors (Lipinski definition) is 1. The molecular weight excluding hydrogens is 253 g/mol. The molecule has 1 aromatic heterocycles. The molecule has 0 aliphatic rings. The topological polar surface area (TPSA) is 37.8 Å². The zero-order chi connectivity index (χ0) is 13.1. The van der Waals surface area contributed by atoms with Gasteiger partial charge < -0.3 is 5.32 Å². The third kappa shape index (κ3) is 2.59. The summed E-state index contributed by atoms with van der Waals surface area (Å²) < 4.78 is 13.9. The summed E-state index contributed by atoms with van der Waals surface area (Å²) in [6.07, 6.45) is 1.67. The van der Waals surface area contributed by atoms with Gasteiger partial charge in [0.25, 0.3) is 0 Å². The van der Waals surface area contributed by atoms with Crippen LogP contribution in [-0.4, -0.2) is 16.5 Å². The quantitative estimate of drug-likeness (QED) is 0.920. The Morgan fingerprint density at radius 2 is 2.17 bits per heavy atom. The van der Waals surface area contributed by atoms with E-state index in [0.29, 0.717) is 28.8 Å². The van der Waals surface area contributed by atoms with Gasteiger partial charge in [0, 0.05) is 23.3 Å². The molecule has 0 bridgehead atoms. The second kappa shape index (κ2) is 5.31. The maximum Gasteiger partial charge on any atom is 0.223 e. The van der Waals surface area contributed by atoms with Crippen LogP contribution in [0.1, 0.15) is 12.5 Å². The van der Waals surface area contributed by atoms with Crippen molar-refractivity contribution in [2.75, 3.05) is 11.9 Å². The smallest absolute Gasteiger partial charge is 0.223 e. The van der Waals surface area contributed by atoms with Crippen LogP contribution in [0.2, 0.25) is 5.02 Å². The number of aromatic nitrogens is 2. The average molecular weight is 266 g/mol. The van der Waals surface area contributed by atoms with Crippen LogP contribution in [0.3, 0.4) is 0 Å². The minimum Gasteiger partial charge on any atom is -0.354 e. The first-order chi connectivity index (χ1) is 8.61. The number of aryl methyl sites for hydroxylation is 1. The van der Waals surface area contributed by atoms with Crippen LogP contribution in [0.15, 0.2) is 24.4 Å². The van der Waals surface area contributed by atoms with Crippen molar-refractivity contribution in [3.63, 3.8) is 0 Å². The highest BCUT2D eigenvalue weighted by molar-refractivity contribution is 6.30. The Morgan fingerprint density at radius 3 is 2.83 bits per heavy atom. The fourth-order valence-electron chi connectivity index (χ4n) is 1.64. The number of benzene rings is 1. The van der Waals surface area contributed by atoms with Crippen molar-refractivity contribution in [3.8, 4) is 11.3 Å². The second-order valence-electron chi connectivity index (χ2n) is 3.88. The van der Waals surface area contributed by atoms with E-state index in [1.165, 1.54) is 6.07 Å². The highest BCUT2D eigenvalue weighted by atomic mass is 35.5. The van der Waals surface area contributed by atoms with Gasteiger partial charge >= 0.3 is 0 Å². The molecule has 0 aliphatic carbocycles. The summed E-state index contributed by atoms with van der Waals surface area (Å²) >= 11 is 5.74. The zero-order valence-electron chi connectivity index (χ0n) is 10.2. The predicted octanol–water partition coefficient (Wildman–Crippen LogP) is 3.68. The molecule has 0 aliphatic heterocycles. The lowest BCUT2D eigenvalue weighted by molar-refractivity contribution is 0.630. The Morgan fingerprint density at radius 1 is 1.39 bits per heavy atom. The van der Waals surface area contributed by atoms with Gasteiger partial charge in [-0.25, -0.2) is 14.4 Å². The van der Waals surface area contributed by atoms with Gasteiger partial charge in [-0.2, -0.15) is 0 Å². The normalized spacial score (nSPS) is 10.4. The molecule has 0 radical (unpaired) electrons. The lowest BCUT2D eigenvalue weighted by atomic mass is 10.1. The summed E-state index contributed by atoms with van der Waals surface area (Å²) in [5, 5.41) is 3.38. The Labute approximate surface area is 110 Å². The average Bonchev–Trinajstić information content (AvgIpc) is 2.33. The summed E-state index contributed by atoms with van der Waals surface area (Å²) in [5.41, 5.74) is 1.83. The highest BCUT2D eigenvalue weighted by Crippen LogP contribution is 2.26. The van der Waals surface area contributed by atoms with Gasteiger partial charge in [-0.15, -0.1) is 0 Å². The molecule has 2 aromatic rings. The van der Waals surface area contributed by atoms with Gasteiger partial charge in [0.15, 0.2) is 0 Å². The summed E-state index contributed by atoms with van der Waals surface area (Å²) in [5.74, 6) is 0.110. The highest BCUT2D eigenvalue weighted by Gasteiger charge is 2.11. The molecule has 0 saturated heterocycles. The number of nitrogens with one attached hydrogen (secondary N) is 1. The third-order valence-electron chi connectivity index (χ3n) is 2.49. The van der Waals surface area contributed by atoms with E-state index in [1.54, 1.807) is 18.3 Å². The molecule has 1 heterocycles. The van der Waals surface area contributed by atoms with Crippen molar-refractivity contribution in [3.05, 3.63) is 40.8 Å². The standard InChI is InChI=1S/C13H13ClFN3/c1-3-16-13-17-7-8(2)12(18-13)10-5-4-9(14)6-11(10)15/h4-7H,3H2,1-2H3,(H,16,17,18). The number of hydrogen-bond acceptors (Lipinski definition) is 3. The Hall–Kier alpha value is -1.68. The van der Waals surface area contributed by atoms with E-state index in [9.17, 15) is 4.39 Å². The SMILES string of the molecule is CCNc1ncc(C)c(-c2ccc(Cl)cc2F)n1. The molecule has 94 valence electrons. The molecule has 3 nitrogen and oxygen atoms in total. The summed E-state index contributed by atoms with van der Waals surface area (Å²) in [7, 11) is 0. The lowest BCUT2D eigenvalue weighted by Crippen LogP contribution is -2.04. The minimum atomic E-state index is -0.383. The molecule has 0 saturated carbocycles. The van der Waals surface area contributed by atoms with Crippen LogP contribution in [0, 0.1) is 12.7 Å². The molecule has 0 spiro atoms. The molecule has 1 aromatic carbocycles. The molecule has 1 N–H and O–H groups in total. The van der Waals surface area contributed by atoms with E-state index in [-0.39, 0.29) is 5.82 Å². The summed E-state index contributed by atoms with van der Waals surface area (Å²) in [4.78, 5) is 8.45. The fraction of sp³-hybridized carbons (Fsp3) is 0.231. The number of nitrogens with zero attached hydrogens (tertiary/aromatic N) is 2. The van der Waals surface area contributed by atoms with Crippen LogP contribution in [-0.2, 0) is 0 Å². The van der Waals surface area contributed by atoms with Gasteiger partial charge in [-0.3, -0.25) is 0 Å². The summed E-state index contributed by atoms with van der Waals surface area (Å²) in [6.45, 7) is 4.51. The number of halogens is 2. The number of anilines is 1. The van der Waals surface area contributed by atoms with Crippen molar-refractivity contribution in [1.29, 1.82) is 0 Å². The van der Waals surface area contributed by atoms with E-state index >= 15 is 0 Å². The molecule has 0 atom stereocenters. The monoisotopic (exact) mass is 265 g/mol. The van der Waals surface area contributed by atoms with E-state index in [2.05, 4.69) is 15.3 Å². The van der Waals surface area contributed by atoms with Crippen molar-refractivity contribution in [2.45, 2.75) is 13.8 Å². The maximum absolute atomic E-state index is 13.9. The first-order valence-electron chi connectivity index (χ1n) is 5.64. The molecule has 0 unspecified atom stereocenters. The Balaban J connectivity index is 2.51. The first-order valence-corrected chi connectivity index (χ1v) is 6.02. The van der Waals surface area contributed by atoms with Crippen LogP contribution in [0.4, 0.5) is 10.3 Å². The fourth-order valence-corrected chi connectivity index (χ4v) is 1.80. The lowest BCUT2D eigenvalue weighted by Gasteiger charge is -2.09. The van der Waals surface area contributed by atoms with Crippen LogP contribution in [0.25, 0.3) is 11.3 Å². The summed E-state index contributed by atoms with van der Waals surface area (Å²) in [6, 6.07) is 4.56. The maximum atomic E-state index is 13.9. The van der Waals surface area contributed by atoms with Gasteiger partial charge in [0.05, 0.1) is 5.69 Å². The third-order valence-corrected chi connectivity index (χ3v) is 2.73. The van der Waals surface area contributed by atoms with E-state index in [1.807, 2.05) is 13.8 Å². The Kier molecular flexibility index (Phi) is 3.77. The van der Waals surface area contributed by atoms with Crippen molar-refractivity contribution >= 4 is 17.5 Å². The molecule has 0 amide bonds. The molecular formula is C13H13ClFN3. The van der Waals surface area contributed by atoms with Crippen molar-refractivity contribution in [2.24, 2.45) is 0 Å².